The highest BCUT2D eigenvalue weighted by Crippen LogP contribution is 2.31. The smallest absolute Gasteiger partial charge is 0.223 e. The molecule has 1 aromatic carbocycles. The predicted octanol–water partition coefficient (Wildman–Crippen LogP) is 3.63. The van der Waals surface area contributed by atoms with E-state index in [0.717, 1.165) is 17.7 Å². The van der Waals surface area contributed by atoms with Crippen LogP contribution in [-0.2, 0) is 11.3 Å². The molecule has 1 amide bonds. The highest BCUT2D eigenvalue weighted by atomic mass is 32.2. The van der Waals surface area contributed by atoms with Crippen LogP contribution in [0, 0.1) is 18.3 Å². The van der Waals surface area contributed by atoms with Crippen LogP contribution in [0.1, 0.15) is 43.2 Å². The first-order valence-electron chi connectivity index (χ1n) is 8.46. The van der Waals surface area contributed by atoms with Crippen LogP contribution in [0.5, 0.6) is 0 Å². The minimum Gasteiger partial charge on any atom is -0.335 e. The molecule has 23 heavy (non-hydrogen) atoms. The van der Waals surface area contributed by atoms with Gasteiger partial charge in [0.2, 0.25) is 5.91 Å². The monoisotopic (exact) mass is 328 g/mol. The average molecular weight is 328 g/mol. The second-order valence-corrected chi connectivity index (χ2v) is 8.85. The molecule has 1 unspecified atom stereocenters. The van der Waals surface area contributed by atoms with Gasteiger partial charge in [-0.05, 0) is 43.3 Å². The van der Waals surface area contributed by atoms with Crippen LogP contribution in [0.25, 0.3) is 0 Å². The maximum Gasteiger partial charge on any atom is 0.223 e. The third-order valence-corrected chi connectivity index (χ3v) is 7.33. The molecule has 3 rings (SSSR count). The van der Waals surface area contributed by atoms with E-state index < -0.39 is 0 Å². The zero-order valence-electron chi connectivity index (χ0n) is 13.8. The molecule has 0 radical (unpaired) electrons. The third kappa shape index (κ3) is 3.84. The summed E-state index contributed by atoms with van der Waals surface area (Å²) < 4.78 is 0. The molecule has 2 aliphatic rings. The molecule has 2 aliphatic heterocycles. The van der Waals surface area contributed by atoms with E-state index in [2.05, 4.69) is 31.2 Å². The van der Waals surface area contributed by atoms with E-state index in [1.807, 2.05) is 11.0 Å². The van der Waals surface area contributed by atoms with E-state index in [4.69, 9.17) is 0 Å². The number of rotatable bonds is 4. The zero-order valence-corrected chi connectivity index (χ0v) is 14.6. The summed E-state index contributed by atoms with van der Waals surface area (Å²) >= 11 is 0. The van der Waals surface area contributed by atoms with Crippen LogP contribution in [0.4, 0.5) is 0 Å². The standard InChI is InChI=1S/C19H24N2OS/c1-15-5-4-6-16(11-15)14-21-17(7-8-19(21)22)12-18(13-20)23-9-2-3-10-23/h4-6,11,17H,2-3,7-10,12,14H2,1H3. The Balaban J connectivity index is 1.75. The van der Waals surface area contributed by atoms with Gasteiger partial charge in [0.1, 0.15) is 6.07 Å². The summed E-state index contributed by atoms with van der Waals surface area (Å²) in [5, 5.41) is 9.54. The lowest BCUT2D eigenvalue weighted by Crippen LogP contribution is -2.34. The van der Waals surface area contributed by atoms with Gasteiger partial charge in [0.25, 0.3) is 0 Å². The van der Waals surface area contributed by atoms with Crippen molar-refractivity contribution in [1.29, 1.82) is 5.26 Å². The largest absolute Gasteiger partial charge is 0.335 e. The number of likely N-dealkylation sites (tertiary alicyclic amines) is 1. The topological polar surface area (TPSA) is 44.1 Å². The van der Waals surface area contributed by atoms with E-state index in [-0.39, 0.29) is 22.4 Å². The van der Waals surface area contributed by atoms with E-state index in [1.54, 1.807) is 0 Å². The van der Waals surface area contributed by atoms with Crippen molar-refractivity contribution in [1.82, 2.24) is 4.90 Å². The molecule has 0 N–H and O–H groups in total. The van der Waals surface area contributed by atoms with Gasteiger partial charge in [0.05, 0.1) is 4.86 Å². The van der Waals surface area contributed by atoms with E-state index >= 15 is 0 Å². The van der Waals surface area contributed by atoms with Crippen LogP contribution < -0.4 is 0 Å². The van der Waals surface area contributed by atoms with Crippen molar-refractivity contribution in [2.24, 2.45) is 0 Å². The number of benzene rings is 1. The molecular formula is C19H24N2OS. The van der Waals surface area contributed by atoms with Gasteiger partial charge in [-0.3, -0.25) is 4.79 Å². The number of carbonyl (C=O) groups is 1. The number of aryl methyl sites for hydroxylation is 1. The lowest BCUT2D eigenvalue weighted by Gasteiger charge is -2.25. The summed E-state index contributed by atoms with van der Waals surface area (Å²) in [6, 6.07) is 11.0. The Hall–Kier alpha value is -1.60. The van der Waals surface area contributed by atoms with E-state index in [0.29, 0.717) is 13.0 Å². The molecule has 1 aromatic rings. The lowest BCUT2D eigenvalue weighted by atomic mass is 10.1. The minimum atomic E-state index is 0.180. The molecule has 3 nitrogen and oxygen atoms in total. The molecule has 0 aliphatic carbocycles. The Bertz CT molecular complexity index is 666. The summed E-state index contributed by atoms with van der Waals surface area (Å²) in [4.78, 5) is 15.4. The Labute approximate surface area is 141 Å². The number of hydrogen-bond acceptors (Lipinski definition) is 2. The Morgan fingerprint density at radius 2 is 2.17 bits per heavy atom. The molecule has 1 atom stereocenters. The van der Waals surface area contributed by atoms with Gasteiger partial charge in [-0.15, -0.1) is 0 Å². The first kappa shape index (κ1) is 16.3. The van der Waals surface area contributed by atoms with E-state index in [1.165, 1.54) is 35.5 Å². The summed E-state index contributed by atoms with van der Waals surface area (Å²) in [5.74, 6) is 2.60. The Morgan fingerprint density at radius 1 is 1.39 bits per heavy atom. The van der Waals surface area contributed by atoms with Crippen LogP contribution in [0.15, 0.2) is 24.3 Å². The third-order valence-electron chi connectivity index (χ3n) is 4.81. The number of hydrogen-bond donors (Lipinski definition) is 0. The molecule has 0 aromatic heterocycles. The summed E-state index contributed by atoms with van der Waals surface area (Å²) in [5.41, 5.74) is 2.41. The second kappa shape index (κ2) is 7.31. The summed E-state index contributed by atoms with van der Waals surface area (Å²) in [6.07, 6.45) is 4.82. The van der Waals surface area contributed by atoms with Crippen molar-refractivity contribution in [3.63, 3.8) is 0 Å². The fourth-order valence-electron chi connectivity index (χ4n) is 3.57. The van der Waals surface area contributed by atoms with Crippen LogP contribution >= 0.6 is 10.5 Å². The zero-order chi connectivity index (χ0) is 16.2. The van der Waals surface area contributed by atoms with Crippen LogP contribution in [0.2, 0.25) is 0 Å². The molecule has 0 spiro atoms. The van der Waals surface area contributed by atoms with Crippen LogP contribution in [-0.4, -0.2) is 33.2 Å². The van der Waals surface area contributed by atoms with Gasteiger partial charge in [0.15, 0.2) is 0 Å². The fraction of sp³-hybridized carbons (Fsp3) is 0.526. The van der Waals surface area contributed by atoms with Crippen molar-refractivity contribution in [2.45, 2.75) is 51.6 Å². The summed E-state index contributed by atoms with van der Waals surface area (Å²) in [7, 11) is 0.180. The van der Waals surface area contributed by atoms with Crippen molar-refractivity contribution in [2.75, 3.05) is 11.5 Å². The Morgan fingerprint density at radius 3 is 2.87 bits per heavy atom. The minimum absolute atomic E-state index is 0.180. The van der Waals surface area contributed by atoms with Crippen molar-refractivity contribution >= 4 is 21.3 Å². The first-order chi connectivity index (χ1) is 11.2. The predicted molar refractivity (Wildman–Crippen MR) is 96.5 cm³/mol. The fourth-order valence-corrected chi connectivity index (χ4v) is 5.93. The normalized spacial score (nSPS) is 21.7. The molecule has 122 valence electrons. The average Bonchev–Trinajstić information content (AvgIpc) is 3.17. The number of amides is 1. The summed E-state index contributed by atoms with van der Waals surface area (Å²) in [6.45, 7) is 2.76. The Kier molecular flexibility index (Phi) is 5.17. The van der Waals surface area contributed by atoms with Gasteiger partial charge in [-0.25, -0.2) is 0 Å². The van der Waals surface area contributed by atoms with Gasteiger partial charge >= 0.3 is 0 Å². The van der Waals surface area contributed by atoms with Crippen LogP contribution in [0.3, 0.4) is 0 Å². The highest BCUT2D eigenvalue weighted by molar-refractivity contribution is 8.16. The van der Waals surface area contributed by atoms with E-state index in [9.17, 15) is 10.1 Å². The molecule has 2 saturated heterocycles. The number of nitrogens with zero attached hydrogens (tertiary/aromatic N) is 2. The molecule has 4 heteroatoms. The quantitative estimate of drug-likeness (QED) is 0.792. The van der Waals surface area contributed by atoms with Gasteiger partial charge < -0.3 is 4.90 Å². The first-order valence-corrected chi connectivity index (χ1v) is 10.0. The molecule has 0 bridgehead atoms. The maximum absolute atomic E-state index is 12.3. The molecule has 0 saturated carbocycles. The SMILES string of the molecule is Cc1cccc(CN2C(=O)CCC2CC(C#N)=S2CCCC2)c1. The second-order valence-electron chi connectivity index (χ2n) is 6.55. The molecule has 2 heterocycles. The number of nitriles is 1. The van der Waals surface area contributed by atoms with Gasteiger partial charge in [-0.2, -0.15) is 15.7 Å². The number of carbonyl (C=O) groups excluding carboxylic acids is 1. The van der Waals surface area contributed by atoms with Crippen molar-refractivity contribution in [3.05, 3.63) is 35.4 Å². The van der Waals surface area contributed by atoms with Crippen molar-refractivity contribution < 1.29 is 4.79 Å². The maximum atomic E-state index is 12.3. The lowest BCUT2D eigenvalue weighted by molar-refractivity contribution is -0.129. The molecular weight excluding hydrogens is 304 g/mol. The van der Waals surface area contributed by atoms with Gasteiger partial charge in [-0.1, -0.05) is 29.8 Å². The van der Waals surface area contributed by atoms with Crippen molar-refractivity contribution in [3.8, 4) is 6.07 Å². The molecule has 2 fully saturated rings. The van der Waals surface area contributed by atoms with Gasteiger partial charge in [0, 0.05) is 25.4 Å². The highest BCUT2D eigenvalue weighted by Gasteiger charge is 2.32.